The summed E-state index contributed by atoms with van der Waals surface area (Å²) in [6.45, 7) is 7.04. The van der Waals surface area contributed by atoms with Gasteiger partial charge >= 0.3 is 0 Å². The minimum absolute atomic E-state index is 0.729. The summed E-state index contributed by atoms with van der Waals surface area (Å²) in [5.41, 5.74) is 8.32. The molecule has 0 atom stereocenters. The van der Waals surface area contributed by atoms with Crippen LogP contribution in [-0.4, -0.2) is 19.7 Å². The first-order valence-electron chi connectivity index (χ1n) is 7.82. The molecule has 0 aliphatic heterocycles. The van der Waals surface area contributed by atoms with Gasteiger partial charge in [0.05, 0.1) is 6.61 Å². The van der Waals surface area contributed by atoms with Gasteiger partial charge in [-0.05, 0) is 25.3 Å². The van der Waals surface area contributed by atoms with Crippen molar-refractivity contribution in [1.82, 2.24) is 5.48 Å². The highest BCUT2D eigenvalue weighted by molar-refractivity contribution is 4.49. The smallest absolute Gasteiger partial charge is 0.0682 e. The third-order valence-electron chi connectivity index (χ3n) is 3.11. The van der Waals surface area contributed by atoms with Crippen molar-refractivity contribution in [3.8, 4) is 0 Å². The van der Waals surface area contributed by atoms with Crippen LogP contribution in [-0.2, 0) is 4.84 Å². The Balaban J connectivity index is 2.90. The Morgan fingerprint density at radius 1 is 0.889 bits per heavy atom. The Hall–Kier alpha value is -0.120. The molecule has 3 N–H and O–H groups in total. The highest BCUT2D eigenvalue weighted by atomic mass is 16.6. The Labute approximate surface area is 114 Å². The number of hydrogen-bond donors (Lipinski definition) is 2. The first-order valence-corrected chi connectivity index (χ1v) is 7.82. The van der Waals surface area contributed by atoms with Gasteiger partial charge in [0.1, 0.15) is 0 Å². The molecule has 0 aromatic rings. The standard InChI is InChI=1S/C15H34N2O/c1-15(2)11-8-6-4-3-5-7-9-14-18-17-13-10-12-16/h15,17H,3-14,16H2,1-2H3. The lowest BCUT2D eigenvalue weighted by Crippen LogP contribution is -2.19. The molecule has 0 unspecified atom stereocenters. The molecular weight excluding hydrogens is 224 g/mol. The normalized spacial score (nSPS) is 11.3. The zero-order valence-electron chi connectivity index (χ0n) is 12.5. The maximum atomic E-state index is 5.38. The SMILES string of the molecule is CC(C)CCCCCCCCCONCCCN. The van der Waals surface area contributed by atoms with Gasteiger partial charge in [0.2, 0.25) is 0 Å². The van der Waals surface area contributed by atoms with Gasteiger partial charge in [0.25, 0.3) is 0 Å². The van der Waals surface area contributed by atoms with Gasteiger partial charge in [0, 0.05) is 6.54 Å². The minimum atomic E-state index is 0.729. The summed E-state index contributed by atoms with van der Waals surface area (Å²) in [6, 6.07) is 0. The summed E-state index contributed by atoms with van der Waals surface area (Å²) in [5, 5.41) is 0. The van der Waals surface area contributed by atoms with E-state index in [1.54, 1.807) is 0 Å². The van der Waals surface area contributed by atoms with E-state index in [1.807, 2.05) is 0 Å². The zero-order valence-corrected chi connectivity index (χ0v) is 12.5. The van der Waals surface area contributed by atoms with Crippen LogP contribution >= 0.6 is 0 Å². The molecule has 0 aliphatic carbocycles. The maximum Gasteiger partial charge on any atom is 0.0682 e. The predicted octanol–water partition coefficient (Wildman–Crippen LogP) is 3.63. The van der Waals surface area contributed by atoms with Crippen molar-refractivity contribution in [1.29, 1.82) is 0 Å². The molecule has 3 heteroatoms. The molecular formula is C15H34N2O. The van der Waals surface area contributed by atoms with E-state index in [0.717, 1.165) is 32.0 Å². The number of hydroxylamine groups is 1. The molecule has 0 heterocycles. The molecule has 0 amide bonds. The number of rotatable bonds is 14. The summed E-state index contributed by atoms with van der Waals surface area (Å²) in [6.07, 6.45) is 11.8. The molecule has 0 aromatic carbocycles. The number of unbranched alkanes of at least 4 members (excludes halogenated alkanes) is 6. The van der Waals surface area contributed by atoms with Crippen molar-refractivity contribution in [2.24, 2.45) is 11.7 Å². The molecule has 0 saturated heterocycles. The molecule has 18 heavy (non-hydrogen) atoms. The first-order chi connectivity index (χ1) is 8.77. The number of hydrogen-bond acceptors (Lipinski definition) is 3. The van der Waals surface area contributed by atoms with E-state index in [1.165, 1.54) is 51.4 Å². The van der Waals surface area contributed by atoms with Crippen LogP contribution in [0, 0.1) is 5.92 Å². The van der Waals surface area contributed by atoms with Gasteiger partial charge in [-0.3, -0.25) is 0 Å². The van der Waals surface area contributed by atoms with Gasteiger partial charge in [-0.2, -0.15) is 0 Å². The van der Waals surface area contributed by atoms with Crippen LogP contribution in [0.4, 0.5) is 0 Å². The second kappa shape index (κ2) is 14.9. The molecule has 3 nitrogen and oxygen atoms in total. The van der Waals surface area contributed by atoms with Crippen molar-refractivity contribution >= 4 is 0 Å². The fourth-order valence-electron chi connectivity index (χ4n) is 1.93. The summed E-state index contributed by atoms with van der Waals surface area (Å²) < 4.78 is 0. The van der Waals surface area contributed by atoms with E-state index in [0.29, 0.717) is 0 Å². The summed E-state index contributed by atoms with van der Waals surface area (Å²) >= 11 is 0. The quantitative estimate of drug-likeness (QED) is 0.369. The summed E-state index contributed by atoms with van der Waals surface area (Å²) in [7, 11) is 0. The Morgan fingerprint density at radius 2 is 1.50 bits per heavy atom. The highest BCUT2D eigenvalue weighted by Gasteiger charge is 1.95. The monoisotopic (exact) mass is 258 g/mol. The molecule has 110 valence electrons. The van der Waals surface area contributed by atoms with Gasteiger partial charge in [-0.15, -0.1) is 0 Å². The minimum Gasteiger partial charge on any atom is -0.330 e. The molecule has 0 bridgehead atoms. The lowest BCUT2D eigenvalue weighted by atomic mass is 10.0. The third kappa shape index (κ3) is 15.9. The molecule has 0 spiro atoms. The average Bonchev–Trinajstić information content (AvgIpc) is 2.34. The number of nitrogens with two attached hydrogens (primary N) is 1. The lowest BCUT2D eigenvalue weighted by molar-refractivity contribution is 0.0384. The van der Waals surface area contributed by atoms with E-state index in [9.17, 15) is 0 Å². The molecule has 0 saturated carbocycles. The molecule has 0 fully saturated rings. The second-order valence-electron chi connectivity index (χ2n) is 5.54. The maximum absolute atomic E-state index is 5.38. The van der Waals surface area contributed by atoms with Crippen molar-refractivity contribution in [2.45, 2.75) is 71.6 Å². The van der Waals surface area contributed by atoms with Crippen LogP contribution < -0.4 is 11.2 Å². The average molecular weight is 258 g/mol. The van der Waals surface area contributed by atoms with E-state index in [4.69, 9.17) is 10.6 Å². The molecule has 0 radical (unpaired) electrons. The lowest BCUT2D eigenvalue weighted by Gasteiger charge is -2.06. The largest absolute Gasteiger partial charge is 0.330 e. The van der Waals surface area contributed by atoms with Gasteiger partial charge in [0.15, 0.2) is 0 Å². The third-order valence-corrected chi connectivity index (χ3v) is 3.11. The molecule has 0 aliphatic rings. The molecule has 0 aromatic heterocycles. The van der Waals surface area contributed by atoms with Gasteiger partial charge in [-0.1, -0.05) is 58.8 Å². The fourth-order valence-corrected chi connectivity index (χ4v) is 1.93. The predicted molar refractivity (Wildman–Crippen MR) is 79.4 cm³/mol. The van der Waals surface area contributed by atoms with Crippen LogP contribution in [0.15, 0.2) is 0 Å². The van der Waals surface area contributed by atoms with E-state index in [2.05, 4.69) is 19.3 Å². The summed E-state index contributed by atoms with van der Waals surface area (Å²) in [4.78, 5) is 5.30. The van der Waals surface area contributed by atoms with Crippen molar-refractivity contribution < 1.29 is 4.84 Å². The van der Waals surface area contributed by atoms with Crippen LogP contribution in [0.1, 0.15) is 71.6 Å². The van der Waals surface area contributed by atoms with Crippen molar-refractivity contribution in [3.05, 3.63) is 0 Å². The zero-order chi connectivity index (χ0) is 13.5. The van der Waals surface area contributed by atoms with Gasteiger partial charge in [-0.25, -0.2) is 5.48 Å². The van der Waals surface area contributed by atoms with Crippen molar-refractivity contribution in [3.63, 3.8) is 0 Å². The number of nitrogens with one attached hydrogen (secondary N) is 1. The second-order valence-corrected chi connectivity index (χ2v) is 5.54. The van der Waals surface area contributed by atoms with Crippen LogP contribution in [0.25, 0.3) is 0 Å². The Kier molecular flexibility index (Phi) is 14.8. The van der Waals surface area contributed by atoms with Crippen molar-refractivity contribution in [2.75, 3.05) is 19.7 Å². The Morgan fingerprint density at radius 3 is 2.11 bits per heavy atom. The Bertz CT molecular complexity index is 151. The van der Waals surface area contributed by atoms with E-state index < -0.39 is 0 Å². The highest BCUT2D eigenvalue weighted by Crippen LogP contribution is 2.11. The van der Waals surface area contributed by atoms with Crippen LogP contribution in [0.5, 0.6) is 0 Å². The van der Waals surface area contributed by atoms with E-state index >= 15 is 0 Å². The van der Waals surface area contributed by atoms with Crippen LogP contribution in [0.2, 0.25) is 0 Å². The topological polar surface area (TPSA) is 47.3 Å². The summed E-state index contributed by atoms with van der Waals surface area (Å²) in [5.74, 6) is 0.869. The molecule has 0 rings (SSSR count). The van der Waals surface area contributed by atoms with E-state index in [-0.39, 0.29) is 0 Å². The van der Waals surface area contributed by atoms with Gasteiger partial charge < -0.3 is 10.6 Å². The van der Waals surface area contributed by atoms with Crippen LogP contribution in [0.3, 0.4) is 0 Å². The first kappa shape index (κ1) is 17.9. The fraction of sp³-hybridized carbons (Fsp3) is 1.00.